The molecule has 0 aliphatic carbocycles. The molecule has 1 aromatic rings. The lowest BCUT2D eigenvalue weighted by Gasteiger charge is -2.19. The smallest absolute Gasteiger partial charge is 0.148 e. The first-order valence-electron chi connectivity index (χ1n) is 5.02. The minimum atomic E-state index is -0.159. The quantitative estimate of drug-likeness (QED) is 0.652. The third kappa shape index (κ3) is 1.99. The second kappa shape index (κ2) is 3.11. The predicted octanol–water partition coefficient (Wildman–Crippen LogP) is 3.75. The van der Waals surface area contributed by atoms with Crippen molar-refractivity contribution in [1.82, 2.24) is 4.98 Å². The van der Waals surface area contributed by atoms with E-state index in [1.165, 1.54) is 0 Å². The van der Waals surface area contributed by atoms with Gasteiger partial charge in [-0.3, -0.25) is 0 Å². The molecule has 0 fully saturated rings. The highest BCUT2D eigenvalue weighted by atomic mass is 19.1. The van der Waals surface area contributed by atoms with Gasteiger partial charge in [-0.1, -0.05) is 41.5 Å². The van der Waals surface area contributed by atoms with Crippen molar-refractivity contribution in [2.45, 2.75) is 52.4 Å². The fourth-order valence-electron chi connectivity index (χ4n) is 1.50. The van der Waals surface area contributed by atoms with E-state index in [2.05, 4.69) is 4.98 Å². The molecule has 80 valence electrons. The summed E-state index contributed by atoms with van der Waals surface area (Å²) in [7, 11) is 0. The Bertz CT molecular complexity index is 292. The average molecular weight is 197 g/mol. The lowest BCUT2D eigenvalue weighted by Crippen LogP contribution is -2.16. The number of rotatable bonds is 0. The zero-order chi connectivity index (χ0) is 11.1. The molecule has 1 rings (SSSR count). The van der Waals surface area contributed by atoms with E-state index in [1.807, 2.05) is 41.5 Å². The largest absolute Gasteiger partial charge is 0.362 e. The minimum absolute atomic E-state index is 0.0787. The Labute approximate surface area is 85.7 Å². The van der Waals surface area contributed by atoms with Crippen LogP contribution in [0.4, 0.5) is 4.39 Å². The van der Waals surface area contributed by atoms with Crippen molar-refractivity contribution in [3.63, 3.8) is 0 Å². The van der Waals surface area contributed by atoms with Gasteiger partial charge in [-0.2, -0.15) is 0 Å². The van der Waals surface area contributed by atoms with E-state index in [0.29, 0.717) is 5.69 Å². The summed E-state index contributed by atoms with van der Waals surface area (Å²) in [4.78, 5) is 3.05. The molecular formula is C12H20FN. The molecule has 0 aliphatic rings. The van der Waals surface area contributed by atoms with Crippen molar-refractivity contribution >= 4 is 0 Å². The number of hydrogen-bond acceptors (Lipinski definition) is 0. The van der Waals surface area contributed by atoms with Crippen LogP contribution in [-0.4, -0.2) is 4.98 Å². The van der Waals surface area contributed by atoms with Crippen molar-refractivity contribution in [1.29, 1.82) is 0 Å². The second-order valence-electron chi connectivity index (χ2n) is 5.89. The van der Waals surface area contributed by atoms with Crippen molar-refractivity contribution in [3.05, 3.63) is 23.3 Å². The van der Waals surface area contributed by atoms with Gasteiger partial charge in [-0.05, 0) is 5.41 Å². The van der Waals surface area contributed by atoms with E-state index in [9.17, 15) is 4.39 Å². The number of hydrogen-bond donors (Lipinski definition) is 1. The van der Waals surface area contributed by atoms with Gasteiger partial charge in [0, 0.05) is 17.2 Å². The second-order valence-corrected chi connectivity index (χ2v) is 5.89. The monoisotopic (exact) mass is 197 g/mol. The normalized spacial score (nSPS) is 13.4. The summed E-state index contributed by atoms with van der Waals surface area (Å²) in [5, 5.41) is 0. The molecule has 1 aromatic heterocycles. The molecule has 0 spiro atoms. The molecule has 0 radical (unpaired) electrons. The molecular weight excluding hydrogens is 177 g/mol. The topological polar surface area (TPSA) is 15.8 Å². The van der Waals surface area contributed by atoms with Gasteiger partial charge in [-0.25, -0.2) is 4.39 Å². The first-order chi connectivity index (χ1) is 6.14. The third-order valence-electron chi connectivity index (χ3n) is 2.37. The predicted molar refractivity (Wildman–Crippen MR) is 58.2 cm³/mol. The van der Waals surface area contributed by atoms with Gasteiger partial charge in [-0.15, -0.1) is 0 Å². The van der Waals surface area contributed by atoms with E-state index < -0.39 is 0 Å². The van der Waals surface area contributed by atoms with E-state index in [4.69, 9.17) is 0 Å². The maximum absolute atomic E-state index is 14.0. The first kappa shape index (κ1) is 11.3. The molecule has 0 saturated carbocycles. The molecule has 1 heterocycles. The van der Waals surface area contributed by atoms with Gasteiger partial charge >= 0.3 is 0 Å². The van der Waals surface area contributed by atoms with Crippen LogP contribution in [0.25, 0.3) is 0 Å². The zero-order valence-electron chi connectivity index (χ0n) is 9.96. The fraction of sp³-hybridized carbons (Fsp3) is 0.667. The maximum atomic E-state index is 14.0. The summed E-state index contributed by atoms with van der Waals surface area (Å²) in [5.74, 6) is -0.0787. The molecule has 0 aliphatic heterocycles. The standard InChI is InChI=1S/C12H20FN/c1-11(2,3)8-7-14-10(9(8)13)12(4,5)6/h7,14H,1-6H3. The summed E-state index contributed by atoms with van der Waals surface area (Å²) < 4.78 is 14.0. The van der Waals surface area contributed by atoms with Crippen LogP contribution in [0, 0.1) is 5.82 Å². The van der Waals surface area contributed by atoms with Crippen molar-refractivity contribution in [2.24, 2.45) is 0 Å². The lowest BCUT2D eigenvalue weighted by molar-refractivity contribution is 0.485. The van der Waals surface area contributed by atoms with Gasteiger partial charge in [0.15, 0.2) is 0 Å². The number of aromatic nitrogens is 1. The molecule has 0 amide bonds. The Kier molecular flexibility index (Phi) is 2.51. The van der Waals surface area contributed by atoms with Crippen LogP contribution in [0.5, 0.6) is 0 Å². The van der Waals surface area contributed by atoms with Crippen LogP contribution in [0.15, 0.2) is 6.20 Å². The lowest BCUT2D eigenvalue weighted by atomic mass is 9.86. The van der Waals surface area contributed by atoms with Crippen LogP contribution < -0.4 is 0 Å². The highest BCUT2D eigenvalue weighted by molar-refractivity contribution is 5.29. The number of aromatic amines is 1. The summed E-state index contributed by atoms with van der Waals surface area (Å²) in [5.41, 5.74) is 1.17. The Morgan fingerprint density at radius 2 is 1.50 bits per heavy atom. The van der Waals surface area contributed by atoms with Gasteiger partial charge in [0.05, 0.1) is 5.69 Å². The highest BCUT2D eigenvalue weighted by Gasteiger charge is 2.27. The molecule has 1 N–H and O–H groups in total. The molecule has 14 heavy (non-hydrogen) atoms. The SMILES string of the molecule is CC(C)(C)c1c[nH]c(C(C)(C)C)c1F. The van der Waals surface area contributed by atoms with E-state index in [-0.39, 0.29) is 16.6 Å². The Balaban J connectivity index is 3.23. The summed E-state index contributed by atoms with van der Waals surface area (Å²) in [6.45, 7) is 12.1. The Morgan fingerprint density at radius 1 is 1.00 bits per heavy atom. The average Bonchev–Trinajstić information content (AvgIpc) is 2.26. The molecule has 0 atom stereocenters. The van der Waals surface area contributed by atoms with E-state index in [1.54, 1.807) is 6.20 Å². The minimum Gasteiger partial charge on any atom is -0.362 e. The maximum Gasteiger partial charge on any atom is 0.148 e. The Hall–Kier alpha value is -0.790. The third-order valence-corrected chi connectivity index (χ3v) is 2.37. The van der Waals surface area contributed by atoms with Crippen LogP contribution in [0.2, 0.25) is 0 Å². The fourth-order valence-corrected chi connectivity index (χ4v) is 1.50. The van der Waals surface area contributed by atoms with E-state index >= 15 is 0 Å². The van der Waals surface area contributed by atoms with Crippen LogP contribution in [0.1, 0.15) is 52.8 Å². The van der Waals surface area contributed by atoms with E-state index in [0.717, 1.165) is 5.56 Å². The zero-order valence-corrected chi connectivity index (χ0v) is 9.96. The summed E-state index contributed by atoms with van der Waals surface area (Å²) in [6.07, 6.45) is 1.79. The van der Waals surface area contributed by atoms with Gasteiger partial charge in [0.25, 0.3) is 0 Å². The summed E-state index contributed by atoms with van der Waals surface area (Å²) in [6, 6.07) is 0. The molecule has 0 bridgehead atoms. The molecule has 0 saturated heterocycles. The van der Waals surface area contributed by atoms with Crippen LogP contribution >= 0.6 is 0 Å². The van der Waals surface area contributed by atoms with Gasteiger partial charge < -0.3 is 4.98 Å². The van der Waals surface area contributed by atoms with Gasteiger partial charge in [0.1, 0.15) is 5.82 Å². The number of halogens is 1. The van der Waals surface area contributed by atoms with Gasteiger partial charge in [0.2, 0.25) is 0 Å². The molecule has 1 nitrogen and oxygen atoms in total. The number of H-pyrrole nitrogens is 1. The number of nitrogens with one attached hydrogen (secondary N) is 1. The summed E-state index contributed by atoms with van der Waals surface area (Å²) >= 11 is 0. The van der Waals surface area contributed by atoms with Crippen molar-refractivity contribution < 1.29 is 4.39 Å². The highest BCUT2D eigenvalue weighted by Crippen LogP contribution is 2.31. The van der Waals surface area contributed by atoms with Crippen LogP contribution in [-0.2, 0) is 10.8 Å². The van der Waals surface area contributed by atoms with Crippen LogP contribution in [0.3, 0.4) is 0 Å². The molecule has 0 aromatic carbocycles. The molecule has 2 heteroatoms. The van der Waals surface area contributed by atoms with Crippen molar-refractivity contribution in [3.8, 4) is 0 Å². The Morgan fingerprint density at radius 3 is 1.71 bits per heavy atom. The first-order valence-corrected chi connectivity index (χ1v) is 5.02. The van der Waals surface area contributed by atoms with Crippen molar-refractivity contribution in [2.75, 3.05) is 0 Å². The molecule has 0 unspecified atom stereocenters.